The first-order valence-corrected chi connectivity index (χ1v) is 7.39. The lowest BCUT2D eigenvalue weighted by molar-refractivity contribution is -0.131. The molecule has 1 aromatic rings. The Morgan fingerprint density at radius 3 is 2.47 bits per heavy atom. The van der Waals surface area contributed by atoms with Crippen molar-refractivity contribution in [2.75, 3.05) is 14.1 Å². The molecule has 0 spiro atoms. The Hall–Kier alpha value is -0.870. The molecular weight excluding hydrogens is 304 g/mol. The van der Waals surface area contributed by atoms with Crippen molar-refractivity contribution < 1.29 is 4.79 Å². The van der Waals surface area contributed by atoms with Crippen LogP contribution in [0, 0.1) is 5.92 Å². The third kappa shape index (κ3) is 5.33. The van der Waals surface area contributed by atoms with Crippen LogP contribution >= 0.6 is 15.9 Å². The highest BCUT2D eigenvalue weighted by molar-refractivity contribution is 9.10. The molecule has 0 fully saturated rings. The highest BCUT2D eigenvalue weighted by atomic mass is 79.9. The van der Waals surface area contributed by atoms with Gasteiger partial charge in [0.25, 0.3) is 0 Å². The molecule has 106 valence electrons. The molecule has 1 amide bonds. The van der Waals surface area contributed by atoms with Gasteiger partial charge in [-0.15, -0.1) is 0 Å². The number of carbonyl (C=O) groups excluding carboxylic acids is 1. The van der Waals surface area contributed by atoms with Gasteiger partial charge in [-0.3, -0.25) is 4.79 Å². The molecule has 0 saturated carbocycles. The van der Waals surface area contributed by atoms with Gasteiger partial charge in [0.1, 0.15) is 0 Å². The first kappa shape index (κ1) is 16.2. The van der Waals surface area contributed by atoms with Gasteiger partial charge in [0.2, 0.25) is 5.91 Å². The van der Waals surface area contributed by atoms with E-state index in [1.165, 1.54) is 5.56 Å². The molecule has 0 radical (unpaired) electrons. The molecule has 1 atom stereocenters. The highest BCUT2D eigenvalue weighted by Gasteiger charge is 2.20. The van der Waals surface area contributed by atoms with Crippen LogP contribution < -0.4 is 5.32 Å². The molecule has 0 aromatic heterocycles. The van der Waals surface area contributed by atoms with Crippen molar-refractivity contribution in [2.24, 2.45) is 5.92 Å². The summed E-state index contributed by atoms with van der Waals surface area (Å²) in [4.78, 5) is 13.8. The minimum absolute atomic E-state index is 0.123. The third-order valence-corrected chi connectivity index (χ3v) is 3.72. The van der Waals surface area contributed by atoms with Crippen molar-refractivity contribution in [3.63, 3.8) is 0 Å². The first-order chi connectivity index (χ1) is 8.91. The van der Waals surface area contributed by atoms with Gasteiger partial charge in [0.05, 0.1) is 6.04 Å². The first-order valence-electron chi connectivity index (χ1n) is 6.59. The average Bonchev–Trinajstić information content (AvgIpc) is 2.34. The summed E-state index contributed by atoms with van der Waals surface area (Å²) in [6.45, 7) is 4.96. The van der Waals surface area contributed by atoms with E-state index in [0.717, 1.165) is 10.9 Å². The summed E-state index contributed by atoms with van der Waals surface area (Å²) < 4.78 is 1.07. The van der Waals surface area contributed by atoms with Crippen molar-refractivity contribution >= 4 is 21.8 Å². The van der Waals surface area contributed by atoms with Crippen LogP contribution in [0.1, 0.15) is 25.8 Å². The van der Waals surface area contributed by atoms with Gasteiger partial charge < -0.3 is 10.2 Å². The predicted octanol–water partition coefficient (Wildman–Crippen LogP) is 3.04. The number of carbonyl (C=O) groups is 1. The second kappa shape index (κ2) is 7.65. The molecular formula is C15H23BrN2O. The fourth-order valence-corrected chi connectivity index (χ4v) is 2.35. The van der Waals surface area contributed by atoms with Crippen molar-refractivity contribution in [2.45, 2.75) is 32.9 Å². The fraction of sp³-hybridized carbons (Fsp3) is 0.533. The Morgan fingerprint density at radius 1 is 1.32 bits per heavy atom. The largest absolute Gasteiger partial charge is 0.347 e. The maximum absolute atomic E-state index is 12.1. The van der Waals surface area contributed by atoms with Gasteiger partial charge in [0, 0.05) is 25.1 Å². The molecule has 0 aliphatic heterocycles. The number of hydrogen-bond donors (Lipinski definition) is 1. The number of nitrogens with zero attached hydrogens (tertiary/aromatic N) is 1. The zero-order valence-electron chi connectivity index (χ0n) is 12.1. The smallest absolute Gasteiger partial charge is 0.239 e. The van der Waals surface area contributed by atoms with E-state index in [2.05, 4.69) is 41.2 Å². The summed E-state index contributed by atoms with van der Waals surface area (Å²) in [5.41, 5.74) is 1.17. The van der Waals surface area contributed by atoms with Crippen molar-refractivity contribution in [1.29, 1.82) is 0 Å². The van der Waals surface area contributed by atoms with E-state index >= 15 is 0 Å². The van der Waals surface area contributed by atoms with Crippen molar-refractivity contribution in [3.05, 3.63) is 34.3 Å². The zero-order chi connectivity index (χ0) is 14.4. The number of benzene rings is 1. The second-order valence-electron chi connectivity index (χ2n) is 5.39. The predicted molar refractivity (Wildman–Crippen MR) is 82.9 cm³/mol. The van der Waals surface area contributed by atoms with E-state index in [9.17, 15) is 4.79 Å². The average molecular weight is 327 g/mol. The molecule has 1 aromatic carbocycles. The van der Waals surface area contributed by atoms with Crippen LogP contribution in [0.15, 0.2) is 28.7 Å². The Morgan fingerprint density at radius 2 is 1.95 bits per heavy atom. The topological polar surface area (TPSA) is 32.3 Å². The summed E-state index contributed by atoms with van der Waals surface area (Å²) in [5.74, 6) is 0.626. The van der Waals surface area contributed by atoms with Gasteiger partial charge >= 0.3 is 0 Å². The molecule has 1 rings (SSSR count). The monoisotopic (exact) mass is 326 g/mol. The van der Waals surface area contributed by atoms with Crippen LogP contribution in [0.3, 0.4) is 0 Å². The second-order valence-corrected chi connectivity index (χ2v) is 6.24. The molecule has 0 heterocycles. The van der Waals surface area contributed by atoms with Gasteiger partial charge in [-0.1, -0.05) is 48.0 Å². The van der Waals surface area contributed by atoms with Crippen LogP contribution in [-0.2, 0) is 11.3 Å². The minimum atomic E-state index is -0.123. The maximum Gasteiger partial charge on any atom is 0.239 e. The number of hydrogen-bond acceptors (Lipinski definition) is 2. The summed E-state index contributed by atoms with van der Waals surface area (Å²) in [7, 11) is 3.60. The van der Waals surface area contributed by atoms with E-state index in [1.54, 1.807) is 19.0 Å². The van der Waals surface area contributed by atoms with Gasteiger partial charge in [0.15, 0.2) is 0 Å². The van der Waals surface area contributed by atoms with Crippen LogP contribution in [0.25, 0.3) is 0 Å². The van der Waals surface area contributed by atoms with E-state index in [4.69, 9.17) is 0 Å². The van der Waals surface area contributed by atoms with Gasteiger partial charge in [-0.05, 0) is 24.0 Å². The Labute approximate surface area is 124 Å². The summed E-state index contributed by atoms with van der Waals surface area (Å²) in [6, 6.07) is 7.95. The Kier molecular flexibility index (Phi) is 6.52. The van der Waals surface area contributed by atoms with Gasteiger partial charge in [-0.2, -0.15) is 0 Å². The minimum Gasteiger partial charge on any atom is -0.347 e. The Bertz CT molecular complexity index is 418. The molecule has 19 heavy (non-hydrogen) atoms. The van der Waals surface area contributed by atoms with Crippen LogP contribution in [0.2, 0.25) is 0 Å². The summed E-state index contributed by atoms with van der Waals surface area (Å²) in [5, 5.41) is 3.37. The number of amides is 1. The molecule has 0 aliphatic rings. The van der Waals surface area contributed by atoms with E-state index in [-0.39, 0.29) is 11.9 Å². The number of nitrogens with one attached hydrogen (secondary N) is 1. The lowest BCUT2D eigenvalue weighted by atomic mass is 10.0. The number of likely N-dealkylation sites (N-methyl/N-ethyl adjacent to an activating group) is 1. The lowest BCUT2D eigenvalue weighted by Crippen LogP contribution is -2.44. The van der Waals surface area contributed by atoms with Crippen molar-refractivity contribution in [3.8, 4) is 0 Å². The summed E-state index contributed by atoms with van der Waals surface area (Å²) >= 11 is 3.53. The lowest BCUT2D eigenvalue weighted by Gasteiger charge is -2.23. The Balaban J connectivity index is 2.68. The molecule has 3 nitrogen and oxygen atoms in total. The fourth-order valence-electron chi connectivity index (χ4n) is 1.93. The maximum atomic E-state index is 12.1. The molecule has 1 N–H and O–H groups in total. The van der Waals surface area contributed by atoms with E-state index in [1.807, 2.05) is 18.2 Å². The molecule has 0 aliphatic carbocycles. The normalized spacial score (nSPS) is 12.5. The highest BCUT2D eigenvalue weighted by Crippen LogP contribution is 2.16. The van der Waals surface area contributed by atoms with Gasteiger partial charge in [-0.25, -0.2) is 0 Å². The number of rotatable bonds is 6. The van der Waals surface area contributed by atoms with Crippen LogP contribution in [-0.4, -0.2) is 30.9 Å². The molecule has 1 unspecified atom stereocenters. The molecule has 0 saturated heterocycles. The zero-order valence-corrected chi connectivity index (χ0v) is 13.7. The SMILES string of the molecule is CC(C)CC(NCc1ccccc1Br)C(=O)N(C)C. The number of halogens is 1. The van der Waals surface area contributed by atoms with E-state index < -0.39 is 0 Å². The van der Waals surface area contributed by atoms with Crippen LogP contribution in [0.5, 0.6) is 0 Å². The van der Waals surface area contributed by atoms with E-state index in [0.29, 0.717) is 12.5 Å². The summed E-state index contributed by atoms with van der Waals surface area (Å²) in [6.07, 6.45) is 0.849. The molecule has 0 bridgehead atoms. The third-order valence-electron chi connectivity index (χ3n) is 2.94. The molecule has 4 heteroatoms. The standard InChI is InChI=1S/C15H23BrN2O/c1-11(2)9-14(15(19)18(3)4)17-10-12-7-5-6-8-13(12)16/h5-8,11,14,17H,9-10H2,1-4H3. The van der Waals surface area contributed by atoms with Crippen LogP contribution in [0.4, 0.5) is 0 Å². The quantitative estimate of drug-likeness (QED) is 0.871. The van der Waals surface area contributed by atoms with Crippen molar-refractivity contribution in [1.82, 2.24) is 10.2 Å².